The molecule has 8 nitrogen and oxygen atoms in total. The highest BCUT2D eigenvalue weighted by molar-refractivity contribution is 7.47. The summed E-state index contributed by atoms with van der Waals surface area (Å²) in [6, 6.07) is -0.883. The standard InChI is InChI=1S/C64H113N2O6P/c1-6-8-10-12-14-16-18-20-22-24-26-28-30-32-33-34-36-38-40-42-44-46-48-50-52-54-56-58-64(68)65-62(61-72-73(69,70)71-60-59-66(3,4)5)63(67)57-55-53-51-49-47-45-43-41-39-37-35-31-29-27-25-23-21-19-17-15-13-11-9-7-2/h8,10,14,16,20,22,26,28,32-33,36,38-39,41,47,49,55,57,62-63,67H,6-7,9,11-13,15,17-19,21,23-25,27,29-31,34-35,37,40,42-46,48,50-54,56,58-61H2,1-5H3,(H-,65,68,69,70)/p+1/b10-8-,16-14-,22-20-,28-26-,33-32-,38-36-,41-39+,49-47+,57-55+. The third-order valence-electron chi connectivity index (χ3n) is 12.7. The summed E-state index contributed by atoms with van der Waals surface area (Å²) in [5, 5.41) is 13.9. The maximum atomic E-state index is 13.0. The molecule has 0 bridgehead atoms. The minimum atomic E-state index is -4.37. The van der Waals surface area contributed by atoms with E-state index in [1.807, 2.05) is 27.2 Å². The molecular formula is C64H114N2O6P+. The number of phosphoric acid groups is 1. The number of hydrogen-bond donors (Lipinski definition) is 3. The van der Waals surface area contributed by atoms with Crippen molar-refractivity contribution in [1.82, 2.24) is 5.32 Å². The average Bonchev–Trinajstić information content (AvgIpc) is 3.35. The Bertz CT molecular complexity index is 1550. The lowest BCUT2D eigenvalue weighted by atomic mass is 10.0. The van der Waals surface area contributed by atoms with Crippen LogP contribution in [0, 0.1) is 0 Å². The molecule has 0 fully saturated rings. The number of rotatable bonds is 53. The van der Waals surface area contributed by atoms with E-state index in [1.165, 1.54) is 122 Å². The first-order valence-corrected chi connectivity index (χ1v) is 31.3. The van der Waals surface area contributed by atoms with Crippen molar-refractivity contribution < 1.29 is 32.9 Å². The second-order valence-corrected chi connectivity index (χ2v) is 22.4. The summed E-state index contributed by atoms with van der Waals surface area (Å²) in [4.78, 5) is 23.3. The smallest absolute Gasteiger partial charge is 0.387 e. The number of nitrogens with zero attached hydrogens (tertiary/aromatic N) is 1. The number of aliphatic hydroxyl groups excluding tert-OH is 1. The molecule has 420 valence electrons. The monoisotopic (exact) mass is 1040 g/mol. The van der Waals surface area contributed by atoms with Gasteiger partial charge in [0.25, 0.3) is 0 Å². The quantitative estimate of drug-likeness (QED) is 0.0243. The molecule has 9 heteroatoms. The fraction of sp³-hybridized carbons (Fsp3) is 0.703. The number of unbranched alkanes of at least 4 members (excludes halogenated alkanes) is 24. The first-order chi connectivity index (χ1) is 35.5. The first-order valence-electron chi connectivity index (χ1n) is 29.8. The lowest BCUT2D eigenvalue weighted by Crippen LogP contribution is -2.45. The van der Waals surface area contributed by atoms with E-state index in [1.54, 1.807) is 6.08 Å². The summed E-state index contributed by atoms with van der Waals surface area (Å²) in [7, 11) is 1.53. The molecule has 0 heterocycles. The van der Waals surface area contributed by atoms with Crippen molar-refractivity contribution in [3.8, 4) is 0 Å². The van der Waals surface area contributed by atoms with Gasteiger partial charge in [0.15, 0.2) is 0 Å². The summed E-state index contributed by atoms with van der Waals surface area (Å²) in [6.45, 7) is 4.67. The molecule has 0 aromatic rings. The Hall–Kier alpha value is -2.84. The molecule has 73 heavy (non-hydrogen) atoms. The topological polar surface area (TPSA) is 105 Å². The van der Waals surface area contributed by atoms with Crippen LogP contribution in [0.5, 0.6) is 0 Å². The zero-order chi connectivity index (χ0) is 53.5. The highest BCUT2D eigenvalue weighted by atomic mass is 31.2. The normalized spacial score (nSPS) is 14.7. The van der Waals surface area contributed by atoms with E-state index in [0.717, 1.165) is 96.3 Å². The van der Waals surface area contributed by atoms with Crippen LogP contribution in [0.2, 0.25) is 0 Å². The first kappa shape index (κ1) is 70.2. The molecule has 1 amide bonds. The number of carbonyl (C=O) groups excluding carboxylic acids is 1. The van der Waals surface area contributed by atoms with Crippen LogP contribution in [0.4, 0.5) is 0 Å². The Morgan fingerprint density at radius 3 is 1.26 bits per heavy atom. The molecule has 0 aliphatic heterocycles. The zero-order valence-corrected chi connectivity index (χ0v) is 48.7. The number of allylic oxidation sites excluding steroid dienone is 17. The Morgan fingerprint density at radius 2 is 0.836 bits per heavy atom. The molecule has 0 spiro atoms. The molecule has 0 aliphatic carbocycles. The van der Waals surface area contributed by atoms with Gasteiger partial charge in [0.2, 0.25) is 5.91 Å². The van der Waals surface area contributed by atoms with Crippen molar-refractivity contribution in [3.05, 3.63) is 109 Å². The summed E-state index contributed by atoms with van der Waals surface area (Å²) in [5.74, 6) is -0.203. The second kappa shape index (κ2) is 54.0. The molecule has 3 N–H and O–H groups in total. The van der Waals surface area contributed by atoms with Gasteiger partial charge >= 0.3 is 7.82 Å². The third-order valence-corrected chi connectivity index (χ3v) is 13.7. The van der Waals surface area contributed by atoms with Gasteiger partial charge in [0.1, 0.15) is 13.2 Å². The molecule has 3 unspecified atom stereocenters. The maximum Gasteiger partial charge on any atom is 0.472 e. The minimum absolute atomic E-state index is 0.0461. The number of hydrogen-bond acceptors (Lipinski definition) is 5. The Morgan fingerprint density at radius 1 is 0.479 bits per heavy atom. The molecule has 0 saturated heterocycles. The van der Waals surface area contributed by atoms with Gasteiger partial charge in [0, 0.05) is 6.42 Å². The number of likely N-dealkylation sites (N-methyl/N-ethyl adjacent to an activating group) is 1. The molecule has 0 aliphatic rings. The largest absolute Gasteiger partial charge is 0.472 e. The molecule has 0 aromatic carbocycles. The van der Waals surface area contributed by atoms with Crippen LogP contribution in [0.1, 0.15) is 239 Å². The summed E-state index contributed by atoms with van der Waals surface area (Å²) in [6.07, 6.45) is 79.1. The van der Waals surface area contributed by atoms with E-state index < -0.39 is 20.0 Å². The number of quaternary nitrogens is 1. The number of carbonyl (C=O) groups is 1. The van der Waals surface area contributed by atoms with E-state index in [-0.39, 0.29) is 19.1 Å². The third kappa shape index (κ3) is 56.7. The average molecular weight is 1040 g/mol. The van der Waals surface area contributed by atoms with Gasteiger partial charge < -0.3 is 19.8 Å². The van der Waals surface area contributed by atoms with Crippen molar-refractivity contribution >= 4 is 13.7 Å². The van der Waals surface area contributed by atoms with Crippen LogP contribution in [0.25, 0.3) is 0 Å². The zero-order valence-electron chi connectivity index (χ0n) is 47.8. The summed E-state index contributed by atoms with van der Waals surface area (Å²) < 4.78 is 23.7. The van der Waals surface area contributed by atoms with E-state index in [4.69, 9.17) is 9.05 Å². The van der Waals surface area contributed by atoms with Crippen LogP contribution >= 0.6 is 7.82 Å². The second-order valence-electron chi connectivity index (χ2n) is 21.0. The van der Waals surface area contributed by atoms with Gasteiger partial charge in [-0.25, -0.2) is 4.57 Å². The van der Waals surface area contributed by atoms with Gasteiger partial charge in [-0.15, -0.1) is 0 Å². The molecular weight excluding hydrogens is 924 g/mol. The lowest BCUT2D eigenvalue weighted by Gasteiger charge is -2.25. The highest BCUT2D eigenvalue weighted by Crippen LogP contribution is 2.43. The summed E-state index contributed by atoms with van der Waals surface area (Å²) in [5.41, 5.74) is 0. The number of nitrogens with one attached hydrogen (secondary N) is 1. The van der Waals surface area contributed by atoms with Gasteiger partial charge in [-0.1, -0.05) is 245 Å². The predicted molar refractivity (Wildman–Crippen MR) is 318 cm³/mol. The van der Waals surface area contributed by atoms with Crippen molar-refractivity contribution in [2.24, 2.45) is 0 Å². The van der Waals surface area contributed by atoms with Crippen molar-refractivity contribution in [2.75, 3.05) is 40.9 Å². The van der Waals surface area contributed by atoms with Gasteiger partial charge in [-0.2, -0.15) is 0 Å². The van der Waals surface area contributed by atoms with E-state index in [2.05, 4.69) is 116 Å². The fourth-order valence-electron chi connectivity index (χ4n) is 8.08. The fourth-order valence-corrected chi connectivity index (χ4v) is 8.81. The molecule has 0 rings (SSSR count). The Kier molecular flexibility index (Phi) is 51.9. The number of phosphoric ester groups is 1. The van der Waals surface area contributed by atoms with Gasteiger partial charge in [0.05, 0.1) is 39.9 Å². The van der Waals surface area contributed by atoms with Crippen LogP contribution in [-0.4, -0.2) is 73.4 Å². The van der Waals surface area contributed by atoms with Crippen LogP contribution in [-0.2, 0) is 18.4 Å². The molecule has 3 atom stereocenters. The lowest BCUT2D eigenvalue weighted by molar-refractivity contribution is -0.870. The van der Waals surface area contributed by atoms with Crippen molar-refractivity contribution in [1.29, 1.82) is 0 Å². The highest BCUT2D eigenvalue weighted by Gasteiger charge is 2.27. The van der Waals surface area contributed by atoms with Crippen molar-refractivity contribution in [3.63, 3.8) is 0 Å². The van der Waals surface area contributed by atoms with Gasteiger partial charge in [-0.3, -0.25) is 13.8 Å². The molecule has 0 radical (unpaired) electrons. The minimum Gasteiger partial charge on any atom is -0.387 e. The Labute approximate surface area is 451 Å². The van der Waals surface area contributed by atoms with E-state index in [9.17, 15) is 19.4 Å². The predicted octanol–water partition coefficient (Wildman–Crippen LogP) is 18.4. The summed E-state index contributed by atoms with van der Waals surface area (Å²) >= 11 is 0. The molecule has 0 saturated carbocycles. The van der Waals surface area contributed by atoms with Crippen LogP contribution < -0.4 is 5.32 Å². The van der Waals surface area contributed by atoms with Crippen molar-refractivity contribution in [2.45, 2.75) is 251 Å². The van der Waals surface area contributed by atoms with E-state index >= 15 is 0 Å². The maximum absolute atomic E-state index is 13.0. The molecule has 0 aromatic heterocycles. The SMILES string of the molecule is CC/C=C\C/C=C\C/C=C\C/C=C\C/C=C\C/C=C\CCCCCCCCCCC(=O)NC(COP(=O)(O)OCC[N+](C)(C)C)C(O)/C=C/CC/C=C/CC/C=C/CCCCCCCCCCCCCCCC. The van der Waals surface area contributed by atoms with Gasteiger partial charge in [-0.05, 0) is 96.3 Å². The van der Waals surface area contributed by atoms with E-state index in [0.29, 0.717) is 17.4 Å². The Balaban J connectivity index is 4.32. The van der Waals surface area contributed by atoms with Crippen LogP contribution in [0.15, 0.2) is 109 Å². The number of aliphatic hydroxyl groups is 1. The van der Waals surface area contributed by atoms with Crippen LogP contribution in [0.3, 0.4) is 0 Å². The number of amides is 1.